The zero-order valence-corrected chi connectivity index (χ0v) is 21.0. The van der Waals surface area contributed by atoms with Crippen molar-refractivity contribution in [2.75, 3.05) is 7.05 Å². The van der Waals surface area contributed by atoms with Crippen LogP contribution in [-0.4, -0.2) is 45.7 Å². The van der Waals surface area contributed by atoms with Crippen LogP contribution in [0.25, 0.3) is 16.9 Å². The number of nitrogens with two attached hydrogens (primary N) is 1. The number of hydrogen-bond donors (Lipinski definition) is 3. The Hall–Kier alpha value is -3.86. The van der Waals surface area contributed by atoms with Crippen LogP contribution in [0.2, 0.25) is 5.02 Å². The van der Waals surface area contributed by atoms with Crippen molar-refractivity contribution in [1.29, 1.82) is 0 Å². The lowest BCUT2D eigenvalue weighted by atomic mass is 10.1. The first-order valence-electron chi connectivity index (χ1n) is 10.7. The van der Waals surface area contributed by atoms with Crippen LogP contribution in [0.4, 0.5) is 0 Å². The van der Waals surface area contributed by atoms with Gasteiger partial charge in [-0.15, -0.1) is 0 Å². The number of carbonyl (C=O) groups excluding carboxylic acids is 1. The van der Waals surface area contributed by atoms with Gasteiger partial charge in [0, 0.05) is 35.8 Å². The molecule has 1 amide bonds. The molecule has 0 aliphatic heterocycles. The minimum Gasteiger partial charge on any atom is -0.507 e. The van der Waals surface area contributed by atoms with E-state index in [0.717, 1.165) is 21.6 Å². The number of phenolic OH excluding ortho intramolecular Hbond substituents is 2. The molecule has 0 bridgehead atoms. The summed E-state index contributed by atoms with van der Waals surface area (Å²) in [6.45, 7) is 1.66. The standard InChI is InChI=1S/C25H23ClN4O5S/c1-15-5-3-4-6-20(15)30-21(9-10-28-30)19-12-24(23(32)13-22(19)31)36(34,35)29(2)14-16-11-17(26)7-8-18(16)25(27)33/h3-13,31-32H,14H2,1-2H3,(H2,27,33). The second kappa shape index (κ2) is 9.65. The van der Waals surface area contributed by atoms with Crippen molar-refractivity contribution in [2.24, 2.45) is 5.73 Å². The molecule has 0 aliphatic carbocycles. The molecular weight excluding hydrogens is 504 g/mol. The maximum atomic E-state index is 13.5. The third kappa shape index (κ3) is 4.66. The summed E-state index contributed by atoms with van der Waals surface area (Å²) in [5, 5.41) is 25.8. The summed E-state index contributed by atoms with van der Waals surface area (Å²) in [5.41, 5.74) is 8.08. The van der Waals surface area contributed by atoms with Gasteiger partial charge in [0.2, 0.25) is 15.9 Å². The number of amides is 1. The number of halogens is 1. The third-order valence-corrected chi connectivity index (χ3v) is 7.82. The average molecular weight is 527 g/mol. The van der Waals surface area contributed by atoms with Gasteiger partial charge in [0.25, 0.3) is 0 Å². The molecule has 4 N–H and O–H groups in total. The molecule has 11 heteroatoms. The van der Waals surface area contributed by atoms with Gasteiger partial charge in [-0.2, -0.15) is 9.40 Å². The molecule has 1 aromatic heterocycles. The zero-order valence-electron chi connectivity index (χ0n) is 19.4. The number of aryl methyl sites for hydroxylation is 1. The molecule has 4 rings (SSSR count). The Balaban J connectivity index is 1.78. The van der Waals surface area contributed by atoms with Crippen molar-refractivity contribution in [3.8, 4) is 28.4 Å². The summed E-state index contributed by atoms with van der Waals surface area (Å²) in [7, 11) is -3.00. The van der Waals surface area contributed by atoms with Crippen molar-refractivity contribution in [2.45, 2.75) is 18.4 Å². The number of rotatable bonds is 7. The summed E-state index contributed by atoms with van der Waals surface area (Å²) in [6, 6.07) is 15.6. The fourth-order valence-corrected chi connectivity index (χ4v) is 5.33. The number of phenols is 2. The zero-order chi connectivity index (χ0) is 26.2. The molecule has 36 heavy (non-hydrogen) atoms. The maximum Gasteiger partial charge on any atom is 0.249 e. The van der Waals surface area contributed by atoms with Gasteiger partial charge in [0.1, 0.15) is 16.4 Å². The Kier molecular flexibility index (Phi) is 6.77. The monoisotopic (exact) mass is 526 g/mol. The highest BCUT2D eigenvalue weighted by Gasteiger charge is 2.28. The summed E-state index contributed by atoms with van der Waals surface area (Å²) in [4.78, 5) is 11.4. The molecule has 0 atom stereocenters. The molecule has 0 fully saturated rings. The first-order valence-corrected chi connectivity index (χ1v) is 12.5. The summed E-state index contributed by atoms with van der Waals surface area (Å²) >= 11 is 6.04. The predicted octanol–water partition coefficient (Wildman–Crippen LogP) is 3.83. The fraction of sp³-hybridized carbons (Fsp3) is 0.120. The fourth-order valence-electron chi connectivity index (χ4n) is 3.90. The van der Waals surface area contributed by atoms with Gasteiger partial charge in [-0.25, -0.2) is 13.1 Å². The van der Waals surface area contributed by atoms with E-state index in [1.807, 2.05) is 31.2 Å². The van der Waals surface area contributed by atoms with E-state index in [0.29, 0.717) is 16.3 Å². The maximum absolute atomic E-state index is 13.5. The quantitative estimate of drug-likeness (QED) is 0.334. The number of nitrogens with zero attached hydrogens (tertiary/aromatic N) is 3. The number of carbonyl (C=O) groups is 1. The molecule has 9 nitrogen and oxygen atoms in total. The largest absolute Gasteiger partial charge is 0.507 e. The molecule has 1 heterocycles. The number of benzene rings is 3. The van der Waals surface area contributed by atoms with E-state index >= 15 is 0 Å². The van der Waals surface area contributed by atoms with Gasteiger partial charge < -0.3 is 15.9 Å². The van der Waals surface area contributed by atoms with Gasteiger partial charge in [0.15, 0.2) is 0 Å². The van der Waals surface area contributed by atoms with Crippen LogP contribution >= 0.6 is 11.6 Å². The number of sulfonamides is 1. The Bertz CT molecular complexity index is 1580. The van der Waals surface area contributed by atoms with E-state index in [2.05, 4.69) is 5.10 Å². The second-order valence-electron chi connectivity index (χ2n) is 8.18. The van der Waals surface area contributed by atoms with Crippen molar-refractivity contribution < 1.29 is 23.4 Å². The minimum absolute atomic E-state index is 0.124. The van der Waals surface area contributed by atoms with E-state index in [4.69, 9.17) is 17.3 Å². The average Bonchev–Trinajstić information content (AvgIpc) is 3.28. The summed E-state index contributed by atoms with van der Waals surface area (Å²) in [6.07, 6.45) is 1.53. The van der Waals surface area contributed by atoms with Crippen molar-refractivity contribution in [3.63, 3.8) is 0 Å². The van der Waals surface area contributed by atoms with Crippen molar-refractivity contribution in [1.82, 2.24) is 14.1 Å². The highest BCUT2D eigenvalue weighted by Crippen LogP contribution is 2.39. The number of aromatic nitrogens is 2. The molecule has 3 aromatic carbocycles. The van der Waals surface area contributed by atoms with E-state index in [1.165, 1.54) is 37.5 Å². The molecule has 0 spiro atoms. The van der Waals surface area contributed by atoms with Gasteiger partial charge >= 0.3 is 0 Å². The van der Waals surface area contributed by atoms with Crippen molar-refractivity contribution >= 4 is 27.5 Å². The smallest absolute Gasteiger partial charge is 0.249 e. The first-order chi connectivity index (χ1) is 17.0. The van der Waals surface area contributed by atoms with Crippen molar-refractivity contribution in [3.05, 3.63) is 88.6 Å². The van der Waals surface area contributed by atoms with Crippen LogP contribution in [0, 0.1) is 6.92 Å². The molecule has 4 aromatic rings. The van der Waals surface area contributed by atoms with Gasteiger partial charge in [-0.3, -0.25) is 4.79 Å². The minimum atomic E-state index is -4.29. The Labute approximate surface area is 213 Å². The van der Waals surface area contributed by atoms with E-state index in [1.54, 1.807) is 10.7 Å². The summed E-state index contributed by atoms with van der Waals surface area (Å²) in [5.74, 6) is -1.69. The molecule has 0 unspecified atom stereocenters. The number of hydrogen-bond acceptors (Lipinski definition) is 6. The topological polar surface area (TPSA) is 139 Å². The van der Waals surface area contributed by atoms with Gasteiger partial charge in [-0.05, 0) is 54.4 Å². The third-order valence-electron chi connectivity index (χ3n) is 5.75. The number of para-hydroxylation sites is 1. The van der Waals surface area contributed by atoms with Crippen LogP contribution in [-0.2, 0) is 16.6 Å². The highest BCUT2D eigenvalue weighted by atomic mass is 35.5. The predicted molar refractivity (Wildman–Crippen MR) is 136 cm³/mol. The Morgan fingerprint density at radius 1 is 1.08 bits per heavy atom. The van der Waals surface area contributed by atoms with Crippen LogP contribution in [0.3, 0.4) is 0 Å². The van der Waals surface area contributed by atoms with Crippen LogP contribution in [0.1, 0.15) is 21.5 Å². The number of aromatic hydroxyl groups is 2. The molecule has 0 aliphatic rings. The van der Waals surface area contributed by atoms with E-state index in [9.17, 15) is 23.4 Å². The second-order valence-corrected chi connectivity index (χ2v) is 10.6. The van der Waals surface area contributed by atoms with Gasteiger partial charge in [-0.1, -0.05) is 29.8 Å². The Morgan fingerprint density at radius 3 is 2.50 bits per heavy atom. The summed E-state index contributed by atoms with van der Waals surface area (Å²) < 4.78 is 29.5. The van der Waals surface area contributed by atoms with Gasteiger partial charge in [0.05, 0.1) is 17.6 Å². The van der Waals surface area contributed by atoms with Crippen LogP contribution < -0.4 is 5.73 Å². The SMILES string of the molecule is Cc1ccccc1-n1nccc1-c1cc(S(=O)(=O)N(C)Cc2cc(Cl)ccc2C(N)=O)c(O)cc1O. The first kappa shape index (κ1) is 25.2. The van der Waals surface area contributed by atoms with E-state index < -0.39 is 26.6 Å². The molecule has 0 saturated heterocycles. The molecule has 186 valence electrons. The van der Waals surface area contributed by atoms with Crippen LogP contribution in [0.5, 0.6) is 11.5 Å². The molecule has 0 saturated carbocycles. The van der Waals surface area contributed by atoms with Crippen LogP contribution in [0.15, 0.2) is 71.8 Å². The molecule has 0 radical (unpaired) electrons. The normalized spacial score (nSPS) is 11.7. The molecular formula is C25H23ClN4O5S. The van der Waals surface area contributed by atoms with E-state index in [-0.39, 0.29) is 23.4 Å². The lowest BCUT2D eigenvalue weighted by Crippen LogP contribution is -2.28. The lowest BCUT2D eigenvalue weighted by Gasteiger charge is -2.20. The number of primary amides is 1. The highest BCUT2D eigenvalue weighted by molar-refractivity contribution is 7.89. The Morgan fingerprint density at radius 2 is 1.81 bits per heavy atom. The lowest BCUT2D eigenvalue weighted by molar-refractivity contribution is 0.0999.